The zero-order valence-corrected chi connectivity index (χ0v) is 15.9. The highest BCUT2D eigenvalue weighted by molar-refractivity contribution is 6.05. The summed E-state index contributed by atoms with van der Waals surface area (Å²) in [6.07, 6.45) is 6.31. The lowest BCUT2D eigenvalue weighted by Gasteiger charge is -2.21. The van der Waals surface area contributed by atoms with E-state index in [1.165, 1.54) is 0 Å². The number of carbonyl (C=O) groups excluding carboxylic acids is 2. The van der Waals surface area contributed by atoms with Crippen molar-refractivity contribution in [2.45, 2.75) is 58.0 Å². The molecule has 5 nitrogen and oxygen atoms in total. The van der Waals surface area contributed by atoms with E-state index in [9.17, 15) is 9.59 Å². The number of ether oxygens (including phenoxy) is 1. The number of esters is 1. The maximum absolute atomic E-state index is 13.2. The zero-order valence-electron chi connectivity index (χ0n) is 15.9. The van der Waals surface area contributed by atoms with Crippen molar-refractivity contribution in [3.05, 3.63) is 41.1 Å². The van der Waals surface area contributed by atoms with Crippen LogP contribution in [0, 0.1) is 0 Å². The second-order valence-electron chi connectivity index (χ2n) is 7.57. The highest BCUT2D eigenvalue weighted by Crippen LogP contribution is 2.29. The van der Waals surface area contributed by atoms with Crippen molar-refractivity contribution in [2.75, 3.05) is 13.1 Å². The minimum absolute atomic E-state index is 0.0923. The quantitative estimate of drug-likeness (QED) is 0.614. The van der Waals surface area contributed by atoms with Crippen molar-refractivity contribution in [1.82, 2.24) is 9.88 Å². The van der Waals surface area contributed by atoms with E-state index in [4.69, 9.17) is 9.72 Å². The Bertz CT molecular complexity index is 871. The smallest absolute Gasteiger partial charge is 0.339 e. The molecule has 2 aromatic rings. The molecule has 0 spiro atoms. The van der Waals surface area contributed by atoms with E-state index >= 15 is 0 Å². The molecule has 0 saturated carbocycles. The first-order valence-electron chi connectivity index (χ1n) is 10.1. The van der Waals surface area contributed by atoms with Gasteiger partial charge < -0.3 is 9.64 Å². The van der Waals surface area contributed by atoms with Gasteiger partial charge in [-0.2, -0.15) is 0 Å². The minimum atomic E-state index is -0.760. The Labute approximate surface area is 159 Å². The first-order chi connectivity index (χ1) is 13.1. The lowest BCUT2D eigenvalue weighted by Crippen LogP contribution is -2.38. The number of likely N-dealkylation sites (tertiary alicyclic amines) is 1. The number of fused-ring (bicyclic) bond motifs is 2. The molecule has 1 amide bonds. The molecule has 2 aliphatic rings. The van der Waals surface area contributed by atoms with E-state index in [0.29, 0.717) is 5.56 Å². The summed E-state index contributed by atoms with van der Waals surface area (Å²) in [6, 6.07) is 7.73. The summed E-state index contributed by atoms with van der Waals surface area (Å²) >= 11 is 0. The molecular formula is C22H26N2O3. The molecule has 0 N–H and O–H groups in total. The lowest BCUT2D eigenvalue weighted by atomic mass is 9.97. The van der Waals surface area contributed by atoms with Gasteiger partial charge in [-0.3, -0.25) is 9.78 Å². The molecule has 2 heterocycles. The highest BCUT2D eigenvalue weighted by Gasteiger charge is 2.29. The fourth-order valence-electron chi connectivity index (χ4n) is 4.25. The molecule has 0 radical (unpaired) electrons. The summed E-state index contributed by atoms with van der Waals surface area (Å²) in [5.41, 5.74) is 3.45. The Morgan fingerprint density at radius 2 is 1.78 bits per heavy atom. The summed E-state index contributed by atoms with van der Waals surface area (Å²) in [7, 11) is 0. The van der Waals surface area contributed by atoms with E-state index in [1.54, 1.807) is 11.8 Å². The van der Waals surface area contributed by atoms with E-state index in [0.717, 1.165) is 80.2 Å². The van der Waals surface area contributed by atoms with Gasteiger partial charge in [-0.05, 0) is 57.1 Å². The van der Waals surface area contributed by atoms with Crippen molar-refractivity contribution in [2.24, 2.45) is 0 Å². The van der Waals surface area contributed by atoms with Crippen LogP contribution in [0.25, 0.3) is 10.9 Å². The van der Waals surface area contributed by atoms with Gasteiger partial charge in [-0.1, -0.05) is 24.6 Å². The van der Waals surface area contributed by atoms with E-state index in [-0.39, 0.29) is 5.91 Å². The number of aryl methyl sites for hydroxylation is 1. The maximum Gasteiger partial charge on any atom is 0.339 e. The molecule has 1 fully saturated rings. The topological polar surface area (TPSA) is 59.5 Å². The van der Waals surface area contributed by atoms with Gasteiger partial charge in [-0.15, -0.1) is 0 Å². The predicted molar refractivity (Wildman–Crippen MR) is 104 cm³/mol. The van der Waals surface area contributed by atoms with Crippen LogP contribution in [-0.4, -0.2) is 41.0 Å². The molecule has 1 atom stereocenters. The van der Waals surface area contributed by atoms with Gasteiger partial charge in [0.15, 0.2) is 6.10 Å². The molecule has 1 aromatic heterocycles. The normalized spacial score (nSPS) is 18.0. The van der Waals surface area contributed by atoms with Crippen molar-refractivity contribution in [3.63, 3.8) is 0 Å². The fraction of sp³-hybridized carbons (Fsp3) is 0.500. The van der Waals surface area contributed by atoms with Gasteiger partial charge in [0, 0.05) is 24.2 Å². The summed E-state index contributed by atoms with van der Waals surface area (Å²) in [5.74, 6) is -0.489. The average Bonchev–Trinajstić information content (AvgIpc) is 3.11. The van der Waals surface area contributed by atoms with Gasteiger partial charge in [-0.25, -0.2) is 4.79 Å². The van der Waals surface area contributed by atoms with E-state index in [2.05, 4.69) is 0 Å². The second kappa shape index (κ2) is 7.67. The monoisotopic (exact) mass is 366 g/mol. The molecule has 1 aliphatic heterocycles. The number of rotatable bonds is 3. The summed E-state index contributed by atoms with van der Waals surface area (Å²) < 4.78 is 5.67. The Balaban J connectivity index is 1.68. The van der Waals surface area contributed by atoms with Crippen molar-refractivity contribution < 1.29 is 14.3 Å². The molecule has 4 rings (SSSR count). The number of nitrogens with zero attached hydrogens (tertiary/aromatic N) is 2. The number of para-hydroxylation sites is 1. The fourth-order valence-corrected chi connectivity index (χ4v) is 4.25. The molecular weight excluding hydrogens is 340 g/mol. The van der Waals surface area contributed by atoms with Crippen molar-refractivity contribution in [3.8, 4) is 0 Å². The van der Waals surface area contributed by atoms with Crippen LogP contribution in [0.15, 0.2) is 24.3 Å². The third-order valence-electron chi connectivity index (χ3n) is 5.67. The number of amides is 1. The number of aromatic nitrogens is 1. The molecule has 0 bridgehead atoms. The van der Waals surface area contributed by atoms with Crippen molar-refractivity contribution >= 4 is 22.8 Å². The maximum atomic E-state index is 13.2. The number of hydrogen-bond donors (Lipinski definition) is 0. The summed E-state index contributed by atoms with van der Waals surface area (Å²) in [4.78, 5) is 32.3. The number of benzene rings is 1. The number of hydrogen-bond acceptors (Lipinski definition) is 4. The standard InChI is InChI=1S/C22H26N2O3/c1-15(21(25)24-13-7-8-14-24)27-22(26)20-16-9-3-2-4-11-18(16)23-19-12-6-5-10-17(19)20/h5-6,10,12,15H,2-4,7-9,11,13-14H2,1H3/t15-/m1/s1. The zero-order chi connectivity index (χ0) is 18.8. The number of carbonyl (C=O) groups is 2. The van der Waals surface area contributed by atoms with Gasteiger partial charge >= 0.3 is 5.97 Å². The lowest BCUT2D eigenvalue weighted by molar-refractivity contribution is -0.138. The van der Waals surface area contributed by atoms with Crippen LogP contribution in [0.3, 0.4) is 0 Å². The summed E-state index contributed by atoms with van der Waals surface area (Å²) in [5, 5.41) is 0.823. The van der Waals surface area contributed by atoms with Gasteiger partial charge in [0.25, 0.3) is 5.91 Å². The molecule has 1 aromatic carbocycles. The SMILES string of the molecule is C[C@@H](OC(=O)c1c2c(nc3ccccc13)CCCCC2)C(=O)N1CCCC1. The minimum Gasteiger partial charge on any atom is -0.449 e. The molecule has 1 saturated heterocycles. The molecule has 1 aliphatic carbocycles. The summed E-state index contributed by atoms with van der Waals surface area (Å²) in [6.45, 7) is 3.20. The molecule has 5 heteroatoms. The van der Waals surface area contributed by atoms with E-state index in [1.807, 2.05) is 24.3 Å². The Kier molecular flexibility index (Phi) is 5.10. The van der Waals surface area contributed by atoms with Gasteiger partial charge in [0.2, 0.25) is 0 Å². The van der Waals surface area contributed by atoms with Crippen molar-refractivity contribution in [1.29, 1.82) is 0 Å². The average molecular weight is 366 g/mol. The Morgan fingerprint density at radius 3 is 2.59 bits per heavy atom. The number of pyridine rings is 1. The molecule has 142 valence electrons. The van der Waals surface area contributed by atoms with Crippen LogP contribution in [0.2, 0.25) is 0 Å². The third-order valence-corrected chi connectivity index (χ3v) is 5.67. The second-order valence-corrected chi connectivity index (χ2v) is 7.57. The van der Waals surface area contributed by atoms with Crippen LogP contribution in [0.5, 0.6) is 0 Å². The molecule has 27 heavy (non-hydrogen) atoms. The van der Waals surface area contributed by atoms with Crippen LogP contribution in [0.4, 0.5) is 0 Å². The highest BCUT2D eigenvalue weighted by atomic mass is 16.5. The van der Waals surface area contributed by atoms with E-state index < -0.39 is 12.1 Å². The first kappa shape index (κ1) is 18.0. The van der Waals surface area contributed by atoms with Crippen LogP contribution in [-0.2, 0) is 22.4 Å². The van der Waals surface area contributed by atoms with Crippen LogP contribution >= 0.6 is 0 Å². The van der Waals surface area contributed by atoms with Gasteiger partial charge in [0.1, 0.15) is 0 Å². The third kappa shape index (κ3) is 3.55. The van der Waals surface area contributed by atoms with Crippen LogP contribution < -0.4 is 0 Å². The largest absolute Gasteiger partial charge is 0.449 e. The van der Waals surface area contributed by atoms with Gasteiger partial charge in [0.05, 0.1) is 11.1 Å². The Morgan fingerprint density at radius 1 is 1.04 bits per heavy atom. The predicted octanol–water partition coefficient (Wildman–Crippen LogP) is 3.67. The first-order valence-corrected chi connectivity index (χ1v) is 10.1. The molecule has 0 unspecified atom stereocenters. The Hall–Kier alpha value is -2.43. The van der Waals surface area contributed by atoms with Crippen LogP contribution in [0.1, 0.15) is 60.6 Å².